The number of fused-ring (bicyclic) bond motifs is 2. The lowest BCUT2D eigenvalue weighted by atomic mass is 10.1. The van der Waals surface area contributed by atoms with E-state index >= 15 is 0 Å². The number of hydrogen-bond donors (Lipinski definition) is 1. The van der Waals surface area contributed by atoms with Crippen molar-refractivity contribution in [1.29, 1.82) is 0 Å². The number of hydrogen-bond acceptors (Lipinski definition) is 5. The molecule has 4 heterocycles. The lowest BCUT2D eigenvalue weighted by molar-refractivity contribution is 0.234. The second-order valence-corrected chi connectivity index (χ2v) is 7.80. The minimum atomic E-state index is -0.0295. The van der Waals surface area contributed by atoms with Crippen LogP contribution in [0.5, 0.6) is 0 Å². The van der Waals surface area contributed by atoms with Crippen LogP contribution < -0.4 is 5.56 Å². The number of rotatable bonds is 3. The van der Waals surface area contributed by atoms with Crippen LogP contribution in [0.25, 0.3) is 21.7 Å². The van der Waals surface area contributed by atoms with E-state index in [2.05, 4.69) is 20.5 Å². The molecule has 1 aliphatic rings. The minimum Gasteiger partial charge on any atom is -0.330 e. The topological polar surface area (TPSA) is 66.8 Å². The highest BCUT2D eigenvalue weighted by Gasteiger charge is 2.23. The average molecular weight is 377 g/mol. The summed E-state index contributed by atoms with van der Waals surface area (Å²) in [6.07, 6.45) is 0.779. The van der Waals surface area contributed by atoms with Crippen LogP contribution in [0.3, 0.4) is 0 Å². The van der Waals surface area contributed by atoms with Gasteiger partial charge in [0.1, 0.15) is 5.82 Å². The molecule has 7 heteroatoms. The first-order chi connectivity index (χ1) is 13.2. The van der Waals surface area contributed by atoms with E-state index in [-0.39, 0.29) is 5.56 Å². The third-order valence-corrected chi connectivity index (χ3v) is 6.02. The van der Waals surface area contributed by atoms with Crippen molar-refractivity contribution in [2.45, 2.75) is 19.5 Å². The molecule has 1 aliphatic heterocycles. The minimum absolute atomic E-state index is 0.0295. The monoisotopic (exact) mass is 377 g/mol. The quantitative estimate of drug-likeness (QED) is 0.596. The second-order valence-electron chi connectivity index (χ2n) is 6.85. The number of para-hydroxylation sites is 2. The van der Waals surface area contributed by atoms with Gasteiger partial charge in [-0.2, -0.15) is 0 Å². The van der Waals surface area contributed by atoms with Gasteiger partial charge in [0.15, 0.2) is 5.82 Å². The first-order valence-corrected chi connectivity index (χ1v) is 9.85. The van der Waals surface area contributed by atoms with E-state index in [1.807, 2.05) is 42.8 Å². The molecule has 0 radical (unpaired) electrons. The van der Waals surface area contributed by atoms with Gasteiger partial charge in [-0.05, 0) is 23.6 Å². The Morgan fingerprint density at radius 3 is 2.89 bits per heavy atom. The van der Waals surface area contributed by atoms with Crippen molar-refractivity contribution in [3.63, 3.8) is 0 Å². The summed E-state index contributed by atoms with van der Waals surface area (Å²) in [5.74, 6) is 1.69. The summed E-state index contributed by atoms with van der Waals surface area (Å²) in [4.78, 5) is 28.3. The van der Waals surface area contributed by atoms with E-state index in [1.165, 1.54) is 0 Å². The number of aromatic nitrogens is 4. The molecule has 6 nitrogen and oxygen atoms in total. The highest BCUT2D eigenvalue weighted by atomic mass is 32.1. The molecular weight excluding hydrogens is 358 g/mol. The molecule has 1 N–H and O–H groups in total. The first kappa shape index (κ1) is 16.4. The van der Waals surface area contributed by atoms with Crippen molar-refractivity contribution in [2.75, 3.05) is 6.54 Å². The Hall–Kier alpha value is -2.77. The van der Waals surface area contributed by atoms with Crippen LogP contribution in [-0.4, -0.2) is 31.0 Å². The lowest BCUT2D eigenvalue weighted by Crippen LogP contribution is -2.36. The average Bonchev–Trinajstić information content (AvgIpc) is 3.32. The van der Waals surface area contributed by atoms with E-state index in [0.717, 1.165) is 52.5 Å². The number of H-pyrrole nitrogens is 1. The Morgan fingerprint density at radius 1 is 1.19 bits per heavy atom. The smallest absolute Gasteiger partial charge is 0.255 e. The van der Waals surface area contributed by atoms with E-state index in [1.54, 1.807) is 11.3 Å². The standard InChI is InChI=1S/C20H19N5OS/c1-24-16-6-3-2-5-15(16)21-18(24)12-25-9-8-14-13(11-25)20(26)23-19(22-14)17-7-4-10-27-17/h2-7,10H,8-9,11-12H2,1H3,(H,22,23,26). The summed E-state index contributed by atoms with van der Waals surface area (Å²) in [7, 11) is 2.05. The van der Waals surface area contributed by atoms with Crippen molar-refractivity contribution in [2.24, 2.45) is 7.05 Å². The third kappa shape index (κ3) is 2.89. The third-order valence-electron chi connectivity index (χ3n) is 5.15. The molecule has 0 spiro atoms. The number of aromatic amines is 1. The van der Waals surface area contributed by atoms with Crippen LogP contribution in [-0.2, 0) is 26.6 Å². The van der Waals surface area contributed by atoms with E-state index in [0.29, 0.717) is 12.4 Å². The normalized spacial score (nSPS) is 14.6. The van der Waals surface area contributed by atoms with Gasteiger partial charge in [0.2, 0.25) is 0 Å². The van der Waals surface area contributed by atoms with Crippen LogP contribution in [0.4, 0.5) is 0 Å². The molecule has 1 aromatic carbocycles. The van der Waals surface area contributed by atoms with Gasteiger partial charge in [0.25, 0.3) is 5.56 Å². The number of thiophene rings is 1. The Morgan fingerprint density at radius 2 is 2.07 bits per heavy atom. The van der Waals surface area contributed by atoms with E-state index in [9.17, 15) is 4.79 Å². The fourth-order valence-electron chi connectivity index (χ4n) is 3.68. The van der Waals surface area contributed by atoms with Gasteiger partial charge in [0.05, 0.1) is 33.7 Å². The lowest BCUT2D eigenvalue weighted by Gasteiger charge is -2.27. The maximum absolute atomic E-state index is 12.6. The zero-order valence-electron chi connectivity index (χ0n) is 15.0. The highest BCUT2D eigenvalue weighted by Crippen LogP contribution is 2.23. The van der Waals surface area contributed by atoms with Crippen LogP contribution in [0.1, 0.15) is 17.1 Å². The molecule has 0 bridgehead atoms. The predicted molar refractivity (Wildman–Crippen MR) is 107 cm³/mol. The zero-order chi connectivity index (χ0) is 18.4. The fourth-order valence-corrected chi connectivity index (χ4v) is 4.35. The number of nitrogens with zero attached hydrogens (tertiary/aromatic N) is 4. The number of benzene rings is 1. The molecule has 0 saturated carbocycles. The summed E-state index contributed by atoms with van der Waals surface area (Å²) in [5, 5.41) is 1.99. The first-order valence-electron chi connectivity index (χ1n) is 8.97. The summed E-state index contributed by atoms with van der Waals surface area (Å²) in [6.45, 7) is 2.19. The molecular formula is C20H19N5OS. The molecule has 27 heavy (non-hydrogen) atoms. The van der Waals surface area contributed by atoms with Gasteiger partial charge in [-0.3, -0.25) is 9.69 Å². The molecule has 0 aliphatic carbocycles. The summed E-state index contributed by atoms with van der Waals surface area (Å²) < 4.78 is 2.13. The van der Waals surface area contributed by atoms with Gasteiger partial charge in [-0.1, -0.05) is 18.2 Å². The van der Waals surface area contributed by atoms with Crippen molar-refractivity contribution in [3.8, 4) is 10.7 Å². The summed E-state index contributed by atoms with van der Waals surface area (Å²) in [5.41, 5.74) is 3.80. The molecule has 0 atom stereocenters. The fraction of sp³-hybridized carbons (Fsp3) is 0.250. The van der Waals surface area contributed by atoms with Crippen LogP contribution in [0.2, 0.25) is 0 Å². The molecule has 136 valence electrons. The van der Waals surface area contributed by atoms with Crippen molar-refractivity contribution < 1.29 is 0 Å². The maximum atomic E-state index is 12.6. The van der Waals surface area contributed by atoms with Crippen LogP contribution >= 0.6 is 11.3 Å². The van der Waals surface area contributed by atoms with Crippen LogP contribution in [0.15, 0.2) is 46.6 Å². The molecule has 0 amide bonds. The van der Waals surface area contributed by atoms with Gasteiger partial charge < -0.3 is 9.55 Å². The van der Waals surface area contributed by atoms with Crippen LogP contribution in [0, 0.1) is 0 Å². The Bertz CT molecular complexity index is 1180. The number of imidazole rings is 1. The van der Waals surface area contributed by atoms with Gasteiger partial charge >= 0.3 is 0 Å². The maximum Gasteiger partial charge on any atom is 0.255 e. The summed E-state index contributed by atoms with van der Waals surface area (Å²) >= 11 is 1.59. The number of nitrogens with one attached hydrogen (secondary N) is 1. The van der Waals surface area contributed by atoms with Gasteiger partial charge in [0, 0.05) is 26.6 Å². The molecule has 0 saturated heterocycles. The van der Waals surface area contributed by atoms with Crippen molar-refractivity contribution in [3.05, 3.63) is 69.2 Å². The Balaban J connectivity index is 1.42. The van der Waals surface area contributed by atoms with Crippen molar-refractivity contribution in [1.82, 2.24) is 24.4 Å². The largest absolute Gasteiger partial charge is 0.330 e. The predicted octanol–water partition coefficient (Wildman–Crippen LogP) is 2.94. The molecule has 4 aromatic rings. The molecule has 3 aromatic heterocycles. The van der Waals surface area contributed by atoms with Crippen molar-refractivity contribution >= 4 is 22.4 Å². The molecule has 0 fully saturated rings. The van der Waals surface area contributed by atoms with E-state index < -0.39 is 0 Å². The van der Waals surface area contributed by atoms with E-state index in [4.69, 9.17) is 9.97 Å². The SMILES string of the molecule is Cn1c(CN2CCc3nc(-c4cccs4)[nH]c(=O)c3C2)nc2ccccc21. The van der Waals surface area contributed by atoms with Gasteiger partial charge in [-0.25, -0.2) is 9.97 Å². The highest BCUT2D eigenvalue weighted by molar-refractivity contribution is 7.13. The molecule has 0 unspecified atom stereocenters. The Labute approximate surface area is 160 Å². The Kier molecular flexibility index (Phi) is 3.91. The number of aryl methyl sites for hydroxylation is 1. The zero-order valence-corrected chi connectivity index (χ0v) is 15.8. The van der Waals surface area contributed by atoms with Gasteiger partial charge in [-0.15, -0.1) is 11.3 Å². The summed E-state index contributed by atoms with van der Waals surface area (Å²) in [6, 6.07) is 12.1. The second kappa shape index (κ2) is 6.44. The molecule has 5 rings (SSSR count).